The lowest BCUT2D eigenvalue weighted by atomic mass is 9.79. The first-order valence-corrected chi connectivity index (χ1v) is 9.08. The van der Waals surface area contributed by atoms with E-state index in [2.05, 4.69) is 48.0 Å². The average Bonchev–Trinajstić information content (AvgIpc) is 2.62. The fourth-order valence-electron chi connectivity index (χ4n) is 3.50. The molecule has 0 amide bonds. The standard InChI is InChI=1S/C22H23F2N/c1-2-3-16-4-9-18(10-5-16)19-11-6-17(7-12-19)8-13-20-14-15-21(23)25-22(20)24/h4-5,9-10,14-15,17,19H,2-3,6-7,11-12H2,1H3. The van der Waals surface area contributed by atoms with Gasteiger partial charge in [-0.15, -0.1) is 0 Å². The second-order valence-electron chi connectivity index (χ2n) is 6.78. The van der Waals surface area contributed by atoms with Gasteiger partial charge in [0.1, 0.15) is 0 Å². The Balaban J connectivity index is 1.58. The first-order chi connectivity index (χ1) is 12.2. The summed E-state index contributed by atoms with van der Waals surface area (Å²) in [4.78, 5) is 3.17. The zero-order chi connectivity index (χ0) is 17.6. The van der Waals surface area contributed by atoms with Crippen LogP contribution in [0.25, 0.3) is 0 Å². The number of halogens is 2. The highest BCUT2D eigenvalue weighted by Crippen LogP contribution is 2.35. The van der Waals surface area contributed by atoms with Gasteiger partial charge in [-0.25, -0.2) is 0 Å². The van der Waals surface area contributed by atoms with Crippen molar-refractivity contribution in [2.24, 2.45) is 5.92 Å². The second-order valence-corrected chi connectivity index (χ2v) is 6.78. The van der Waals surface area contributed by atoms with Crippen molar-refractivity contribution in [1.82, 2.24) is 4.98 Å². The molecule has 0 N–H and O–H groups in total. The van der Waals surface area contributed by atoms with E-state index in [1.807, 2.05) is 0 Å². The topological polar surface area (TPSA) is 12.9 Å². The van der Waals surface area contributed by atoms with Gasteiger partial charge in [0.25, 0.3) is 0 Å². The summed E-state index contributed by atoms with van der Waals surface area (Å²) in [5.41, 5.74) is 3.00. The summed E-state index contributed by atoms with van der Waals surface area (Å²) >= 11 is 0. The molecular weight excluding hydrogens is 316 g/mol. The zero-order valence-electron chi connectivity index (χ0n) is 14.6. The zero-order valence-corrected chi connectivity index (χ0v) is 14.6. The molecule has 1 saturated carbocycles. The Hall–Kier alpha value is -2.21. The molecule has 0 unspecified atom stereocenters. The predicted molar refractivity (Wildman–Crippen MR) is 96.2 cm³/mol. The number of aromatic nitrogens is 1. The summed E-state index contributed by atoms with van der Waals surface area (Å²) in [5.74, 6) is 5.21. The molecule has 1 heterocycles. The van der Waals surface area contributed by atoms with Gasteiger partial charge in [-0.05, 0) is 61.3 Å². The van der Waals surface area contributed by atoms with E-state index in [1.165, 1.54) is 23.6 Å². The molecule has 0 saturated heterocycles. The molecule has 2 aromatic rings. The van der Waals surface area contributed by atoms with Crippen LogP contribution < -0.4 is 0 Å². The molecule has 1 nitrogen and oxygen atoms in total. The van der Waals surface area contributed by atoms with Gasteiger partial charge in [-0.1, -0.05) is 49.5 Å². The molecule has 0 radical (unpaired) electrons. The predicted octanol–water partition coefficient (Wildman–Crippen LogP) is 5.64. The van der Waals surface area contributed by atoms with Gasteiger partial charge in [0.05, 0.1) is 5.56 Å². The highest BCUT2D eigenvalue weighted by Gasteiger charge is 2.21. The highest BCUT2D eigenvalue weighted by molar-refractivity contribution is 5.33. The third-order valence-corrected chi connectivity index (χ3v) is 4.94. The second kappa shape index (κ2) is 8.25. The Kier molecular flexibility index (Phi) is 5.81. The third-order valence-electron chi connectivity index (χ3n) is 4.94. The fraction of sp³-hybridized carbons (Fsp3) is 0.409. The van der Waals surface area contributed by atoms with Crippen molar-refractivity contribution >= 4 is 0 Å². The van der Waals surface area contributed by atoms with E-state index >= 15 is 0 Å². The molecule has 1 aromatic carbocycles. The van der Waals surface area contributed by atoms with Gasteiger partial charge in [0, 0.05) is 5.92 Å². The summed E-state index contributed by atoms with van der Waals surface area (Å²) in [6, 6.07) is 11.5. The van der Waals surface area contributed by atoms with Crippen LogP contribution in [0.4, 0.5) is 8.78 Å². The molecule has 3 rings (SSSR count). The molecule has 130 valence electrons. The van der Waals surface area contributed by atoms with E-state index in [4.69, 9.17) is 0 Å². The van der Waals surface area contributed by atoms with Crippen molar-refractivity contribution < 1.29 is 8.78 Å². The van der Waals surface area contributed by atoms with Crippen LogP contribution in [-0.4, -0.2) is 4.98 Å². The summed E-state index contributed by atoms with van der Waals surface area (Å²) in [6.45, 7) is 2.20. The number of benzene rings is 1. The SMILES string of the molecule is CCCc1ccc(C2CCC(C#Cc3ccc(F)nc3F)CC2)cc1. The molecule has 3 heteroatoms. The molecule has 1 fully saturated rings. The van der Waals surface area contributed by atoms with Crippen LogP contribution in [-0.2, 0) is 6.42 Å². The number of aryl methyl sites for hydroxylation is 1. The maximum Gasteiger partial charge on any atom is 0.231 e. The van der Waals surface area contributed by atoms with Gasteiger partial charge in [-0.2, -0.15) is 13.8 Å². The van der Waals surface area contributed by atoms with E-state index < -0.39 is 11.9 Å². The number of hydrogen-bond donors (Lipinski definition) is 0. The smallest absolute Gasteiger partial charge is 0.189 e. The average molecular weight is 339 g/mol. The van der Waals surface area contributed by atoms with E-state index in [1.54, 1.807) is 0 Å². The Bertz CT molecular complexity index is 763. The molecule has 25 heavy (non-hydrogen) atoms. The molecule has 0 spiro atoms. The molecule has 1 aliphatic carbocycles. The minimum absolute atomic E-state index is 0.176. The van der Waals surface area contributed by atoms with E-state index in [9.17, 15) is 8.78 Å². The van der Waals surface area contributed by atoms with Gasteiger partial charge in [-0.3, -0.25) is 0 Å². The Labute approximate surface area is 148 Å². The van der Waals surface area contributed by atoms with Crippen molar-refractivity contribution in [1.29, 1.82) is 0 Å². The Morgan fingerprint density at radius 2 is 1.72 bits per heavy atom. The molecular formula is C22H23F2N. The minimum Gasteiger partial charge on any atom is -0.189 e. The first-order valence-electron chi connectivity index (χ1n) is 9.08. The number of hydrogen-bond acceptors (Lipinski definition) is 1. The van der Waals surface area contributed by atoms with E-state index in [0.717, 1.165) is 38.2 Å². The fourth-order valence-corrected chi connectivity index (χ4v) is 3.50. The van der Waals surface area contributed by atoms with Gasteiger partial charge >= 0.3 is 0 Å². The van der Waals surface area contributed by atoms with Crippen molar-refractivity contribution in [3.63, 3.8) is 0 Å². The van der Waals surface area contributed by atoms with Gasteiger partial charge < -0.3 is 0 Å². The number of nitrogens with zero attached hydrogens (tertiary/aromatic N) is 1. The van der Waals surface area contributed by atoms with Crippen molar-refractivity contribution in [3.05, 3.63) is 65.0 Å². The van der Waals surface area contributed by atoms with Crippen LogP contribution in [0.15, 0.2) is 36.4 Å². The lowest BCUT2D eigenvalue weighted by Crippen LogP contribution is -2.12. The Morgan fingerprint density at radius 1 is 1.00 bits per heavy atom. The number of rotatable bonds is 3. The van der Waals surface area contributed by atoms with Crippen LogP contribution in [0.3, 0.4) is 0 Å². The van der Waals surface area contributed by atoms with Crippen LogP contribution in [0.5, 0.6) is 0 Å². The lowest BCUT2D eigenvalue weighted by Gasteiger charge is -2.26. The van der Waals surface area contributed by atoms with Crippen LogP contribution in [0.2, 0.25) is 0 Å². The summed E-state index contributed by atoms with van der Waals surface area (Å²) in [5, 5.41) is 0. The van der Waals surface area contributed by atoms with Crippen LogP contribution in [0.1, 0.15) is 61.6 Å². The summed E-state index contributed by atoms with van der Waals surface area (Å²) in [6.07, 6.45) is 6.56. The lowest BCUT2D eigenvalue weighted by molar-refractivity contribution is 0.384. The quantitative estimate of drug-likeness (QED) is 0.521. The van der Waals surface area contributed by atoms with E-state index in [-0.39, 0.29) is 11.5 Å². The summed E-state index contributed by atoms with van der Waals surface area (Å²) in [7, 11) is 0. The molecule has 0 aliphatic heterocycles. The number of pyridine rings is 1. The van der Waals surface area contributed by atoms with Gasteiger partial charge in [0.15, 0.2) is 0 Å². The van der Waals surface area contributed by atoms with Crippen LogP contribution in [0, 0.1) is 29.7 Å². The molecule has 0 atom stereocenters. The molecule has 0 bridgehead atoms. The monoisotopic (exact) mass is 339 g/mol. The first kappa shape index (κ1) is 17.6. The van der Waals surface area contributed by atoms with Crippen molar-refractivity contribution in [2.75, 3.05) is 0 Å². The third kappa shape index (κ3) is 4.66. The maximum atomic E-state index is 13.5. The largest absolute Gasteiger partial charge is 0.231 e. The molecule has 1 aromatic heterocycles. The summed E-state index contributed by atoms with van der Waals surface area (Å²) < 4.78 is 26.3. The molecule has 1 aliphatic rings. The van der Waals surface area contributed by atoms with Crippen molar-refractivity contribution in [2.45, 2.75) is 51.4 Å². The van der Waals surface area contributed by atoms with Crippen molar-refractivity contribution in [3.8, 4) is 11.8 Å². The van der Waals surface area contributed by atoms with E-state index in [0.29, 0.717) is 5.92 Å². The Morgan fingerprint density at radius 3 is 2.36 bits per heavy atom. The normalized spacial score (nSPS) is 20.0. The highest BCUT2D eigenvalue weighted by atomic mass is 19.1. The van der Waals surface area contributed by atoms with Crippen LogP contribution >= 0.6 is 0 Å². The minimum atomic E-state index is -0.826. The van der Waals surface area contributed by atoms with Gasteiger partial charge in [0.2, 0.25) is 11.9 Å². The maximum absolute atomic E-state index is 13.5.